The van der Waals surface area contributed by atoms with E-state index in [0.717, 1.165) is 24.2 Å². The summed E-state index contributed by atoms with van der Waals surface area (Å²) >= 11 is 0. The highest BCUT2D eigenvalue weighted by Gasteiger charge is 2.31. The Morgan fingerprint density at radius 1 is 1.69 bits per heavy atom. The molecule has 0 spiro atoms. The predicted octanol–water partition coefficient (Wildman–Crippen LogP) is 1.25. The van der Waals surface area contributed by atoms with Gasteiger partial charge in [0.1, 0.15) is 0 Å². The van der Waals surface area contributed by atoms with E-state index in [2.05, 4.69) is 11.2 Å². The Labute approximate surface area is 77.0 Å². The van der Waals surface area contributed by atoms with E-state index < -0.39 is 0 Å². The standard InChI is InChI=1S/C9H12N4/c1-6-9(11)5-13(12-6)8-2-7(3-8)4-10/h5,7-8H,2-3,11H2,1H3. The van der Waals surface area contributed by atoms with Gasteiger partial charge in [-0.05, 0) is 19.8 Å². The molecule has 13 heavy (non-hydrogen) atoms. The molecule has 0 radical (unpaired) electrons. The lowest BCUT2D eigenvalue weighted by Gasteiger charge is -2.30. The molecule has 0 saturated heterocycles. The fourth-order valence-electron chi connectivity index (χ4n) is 1.59. The van der Waals surface area contributed by atoms with E-state index in [1.54, 1.807) is 0 Å². The summed E-state index contributed by atoms with van der Waals surface area (Å²) in [6, 6.07) is 2.64. The summed E-state index contributed by atoms with van der Waals surface area (Å²) in [7, 11) is 0. The van der Waals surface area contributed by atoms with Crippen molar-refractivity contribution in [3.63, 3.8) is 0 Å². The highest BCUT2D eigenvalue weighted by atomic mass is 15.3. The van der Waals surface area contributed by atoms with Crippen molar-refractivity contribution in [1.82, 2.24) is 9.78 Å². The van der Waals surface area contributed by atoms with E-state index in [-0.39, 0.29) is 5.92 Å². The van der Waals surface area contributed by atoms with Crippen LogP contribution < -0.4 is 5.73 Å². The van der Waals surface area contributed by atoms with Crippen molar-refractivity contribution < 1.29 is 0 Å². The third kappa shape index (κ3) is 1.26. The van der Waals surface area contributed by atoms with Crippen molar-refractivity contribution >= 4 is 5.69 Å². The number of aromatic nitrogens is 2. The van der Waals surface area contributed by atoms with Gasteiger partial charge >= 0.3 is 0 Å². The number of nitrogens with zero attached hydrogens (tertiary/aromatic N) is 3. The maximum Gasteiger partial charge on any atom is 0.0823 e. The summed E-state index contributed by atoms with van der Waals surface area (Å²) in [5, 5.41) is 12.9. The van der Waals surface area contributed by atoms with Crippen LogP contribution in [-0.4, -0.2) is 9.78 Å². The zero-order valence-corrected chi connectivity index (χ0v) is 7.57. The molecule has 0 unspecified atom stereocenters. The first-order chi connectivity index (χ1) is 6.20. The van der Waals surface area contributed by atoms with Crippen molar-refractivity contribution in [3.05, 3.63) is 11.9 Å². The van der Waals surface area contributed by atoms with Crippen LogP contribution in [0.2, 0.25) is 0 Å². The molecule has 0 atom stereocenters. The molecule has 1 aromatic heterocycles. The van der Waals surface area contributed by atoms with Crippen LogP contribution in [0.5, 0.6) is 0 Å². The van der Waals surface area contributed by atoms with Crippen LogP contribution >= 0.6 is 0 Å². The number of nitriles is 1. The number of hydrogen-bond acceptors (Lipinski definition) is 3. The SMILES string of the molecule is Cc1nn(C2CC(C#N)C2)cc1N. The molecule has 0 amide bonds. The summed E-state index contributed by atoms with van der Waals surface area (Å²) < 4.78 is 1.89. The third-order valence-corrected chi connectivity index (χ3v) is 2.62. The molecule has 1 aliphatic carbocycles. The molecule has 2 N–H and O–H groups in total. The topological polar surface area (TPSA) is 67.6 Å². The monoisotopic (exact) mass is 176 g/mol. The van der Waals surface area contributed by atoms with Gasteiger partial charge in [-0.1, -0.05) is 0 Å². The van der Waals surface area contributed by atoms with Crippen LogP contribution in [-0.2, 0) is 0 Å². The molecule has 4 nitrogen and oxygen atoms in total. The quantitative estimate of drug-likeness (QED) is 0.700. The lowest BCUT2D eigenvalue weighted by molar-refractivity contribution is 0.229. The summed E-state index contributed by atoms with van der Waals surface area (Å²) in [5.41, 5.74) is 7.29. The molecule has 0 aliphatic heterocycles. The highest BCUT2D eigenvalue weighted by molar-refractivity contribution is 5.39. The molecule has 0 bridgehead atoms. The van der Waals surface area contributed by atoms with Gasteiger partial charge in [0.25, 0.3) is 0 Å². The van der Waals surface area contributed by atoms with Crippen LogP contribution in [0.3, 0.4) is 0 Å². The first-order valence-corrected chi connectivity index (χ1v) is 4.41. The van der Waals surface area contributed by atoms with Crippen molar-refractivity contribution in [2.45, 2.75) is 25.8 Å². The van der Waals surface area contributed by atoms with Crippen LogP contribution in [0.1, 0.15) is 24.6 Å². The van der Waals surface area contributed by atoms with Crippen molar-refractivity contribution in [1.29, 1.82) is 5.26 Å². The van der Waals surface area contributed by atoms with E-state index in [1.807, 2.05) is 17.8 Å². The van der Waals surface area contributed by atoms with Crippen molar-refractivity contribution in [2.75, 3.05) is 5.73 Å². The zero-order valence-electron chi connectivity index (χ0n) is 7.57. The van der Waals surface area contributed by atoms with E-state index in [1.165, 1.54) is 0 Å². The molecule has 2 rings (SSSR count). The average molecular weight is 176 g/mol. The molecule has 1 fully saturated rings. The van der Waals surface area contributed by atoms with Gasteiger partial charge in [-0.2, -0.15) is 10.4 Å². The van der Waals surface area contributed by atoms with E-state index in [4.69, 9.17) is 11.0 Å². The number of hydrogen-bond donors (Lipinski definition) is 1. The largest absolute Gasteiger partial charge is 0.396 e. The zero-order chi connectivity index (χ0) is 9.42. The summed E-state index contributed by atoms with van der Waals surface area (Å²) in [6.45, 7) is 1.90. The van der Waals surface area contributed by atoms with Crippen LogP contribution in [0, 0.1) is 24.2 Å². The first-order valence-electron chi connectivity index (χ1n) is 4.41. The molecule has 1 aliphatic rings. The minimum Gasteiger partial charge on any atom is -0.396 e. The Bertz CT molecular complexity index is 335. The highest BCUT2D eigenvalue weighted by Crippen LogP contribution is 2.37. The molecule has 4 heteroatoms. The number of nitrogens with two attached hydrogens (primary N) is 1. The fourth-order valence-corrected chi connectivity index (χ4v) is 1.59. The van der Waals surface area contributed by atoms with Gasteiger partial charge in [-0.15, -0.1) is 0 Å². The lowest BCUT2D eigenvalue weighted by Crippen LogP contribution is -2.26. The van der Waals surface area contributed by atoms with Crippen LogP contribution in [0.25, 0.3) is 0 Å². The van der Waals surface area contributed by atoms with Crippen LogP contribution in [0.4, 0.5) is 5.69 Å². The Morgan fingerprint density at radius 3 is 2.85 bits per heavy atom. The molecule has 68 valence electrons. The summed E-state index contributed by atoms with van der Waals surface area (Å²) in [4.78, 5) is 0. The number of nitrogen functional groups attached to an aromatic ring is 1. The smallest absolute Gasteiger partial charge is 0.0823 e. The van der Waals surface area contributed by atoms with E-state index in [9.17, 15) is 0 Å². The molecular formula is C9H12N4. The van der Waals surface area contributed by atoms with Crippen molar-refractivity contribution in [2.24, 2.45) is 5.92 Å². The van der Waals surface area contributed by atoms with Gasteiger partial charge in [0, 0.05) is 6.20 Å². The van der Waals surface area contributed by atoms with Gasteiger partial charge < -0.3 is 5.73 Å². The molecule has 1 heterocycles. The number of rotatable bonds is 1. The molecular weight excluding hydrogens is 164 g/mol. The second-order valence-corrected chi connectivity index (χ2v) is 3.60. The summed E-state index contributed by atoms with van der Waals surface area (Å²) in [6.07, 6.45) is 3.68. The minimum atomic E-state index is 0.218. The third-order valence-electron chi connectivity index (χ3n) is 2.62. The first kappa shape index (κ1) is 8.11. The normalized spacial score (nSPS) is 26.5. The van der Waals surface area contributed by atoms with Gasteiger partial charge in [-0.25, -0.2) is 0 Å². The Hall–Kier alpha value is -1.50. The predicted molar refractivity (Wildman–Crippen MR) is 48.8 cm³/mol. The van der Waals surface area contributed by atoms with Gasteiger partial charge in [-0.3, -0.25) is 4.68 Å². The van der Waals surface area contributed by atoms with E-state index in [0.29, 0.717) is 6.04 Å². The summed E-state index contributed by atoms with van der Waals surface area (Å²) in [5.74, 6) is 0.218. The number of anilines is 1. The average Bonchev–Trinajstić information content (AvgIpc) is 2.30. The van der Waals surface area contributed by atoms with Gasteiger partial charge in [0.2, 0.25) is 0 Å². The minimum absolute atomic E-state index is 0.218. The molecule has 0 aromatic carbocycles. The van der Waals surface area contributed by atoms with Crippen LogP contribution in [0.15, 0.2) is 6.20 Å². The Morgan fingerprint density at radius 2 is 2.38 bits per heavy atom. The second kappa shape index (κ2) is 2.77. The lowest BCUT2D eigenvalue weighted by atomic mass is 9.81. The second-order valence-electron chi connectivity index (χ2n) is 3.60. The van der Waals surface area contributed by atoms with E-state index >= 15 is 0 Å². The Balaban J connectivity index is 2.08. The molecule has 1 saturated carbocycles. The maximum absolute atomic E-state index is 8.61. The van der Waals surface area contributed by atoms with Crippen molar-refractivity contribution in [3.8, 4) is 6.07 Å². The van der Waals surface area contributed by atoms with Gasteiger partial charge in [0.05, 0.1) is 29.4 Å². The molecule has 1 aromatic rings. The maximum atomic E-state index is 8.61. The Kier molecular flexibility index (Phi) is 1.73. The van der Waals surface area contributed by atoms with Gasteiger partial charge in [0.15, 0.2) is 0 Å². The fraction of sp³-hybridized carbons (Fsp3) is 0.556. The number of aryl methyl sites for hydroxylation is 1.